The molecule has 4 aromatic rings. The molecule has 1 unspecified atom stereocenters. The largest absolute Gasteiger partial charge is 0.450 e. The molecule has 0 aliphatic heterocycles. The van der Waals surface area contributed by atoms with Crippen LogP contribution >= 0.6 is 0 Å². The number of aryl methyl sites for hydroxylation is 4. The van der Waals surface area contributed by atoms with E-state index in [1.807, 2.05) is 32.0 Å². The van der Waals surface area contributed by atoms with E-state index < -0.39 is 29.3 Å². The first kappa shape index (κ1) is 24.5. The molecule has 1 amide bonds. The van der Waals surface area contributed by atoms with Crippen molar-refractivity contribution in [3.63, 3.8) is 0 Å². The van der Waals surface area contributed by atoms with Gasteiger partial charge in [0.05, 0.1) is 0 Å². The molecule has 5 rings (SSSR count). The summed E-state index contributed by atoms with van der Waals surface area (Å²) < 4.78 is 36.3. The number of pyridine rings is 2. The van der Waals surface area contributed by atoms with Gasteiger partial charge in [-0.2, -0.15) is 0 Å². The number of ether oxygens (including phenoxy) is 1. The second-order valence-corrected chi connectivity index (χ2v) is 9.90. The van der Waals surface area contributed by atoms with Crippen molar-refractivity contribution in [1.29, 1.82) is 0 Å². The third kappa shape index (κ3) is 3.92. The van der Waals surface area contributed by atoms with Gasteiger partial charge in [0.15, 0.2) is 5.75 Å². The molecule has 3 aromatic heterocycles. The van der Waals surface area contributed by atoms with Gasteiger partial charge in [0.25, 0.3) is 22.9 Å². The molecule has 3 heterocycles. The molecule has 1 atom stereocenters. The quantitative estimate of drug-likeness (QED) is 0.423. The van der Waals surface area contributed by atoms with Crippen LogP contribution in [0, 0.1) is 13.8 Å². The SMILES string of the molecule is Cc1cccc(C)c1Oc1c(-c2cn(C)c(=O)c3[nH]c(C(=O)NC4(C)CC4(F)F)cc23)ccn(C)c1=O. The van der Waals surface area contributed by atoms with Crippen LogP contribution in [0.4, 0.5) is 8.78 Å². The highest BCUT2D eigenvalue weighted by Crippen LogP contribution is 2.52. The summed E-state index contributed by atoms with van der Waals surface area (Å²) in [5, 5.41) is 2.72. The van der Waals surface area contributed by atoms with E-state index in [1.165, 1.54) is 22.1 Å². The Morgan fingerprint density at radius 2 is 1.68 bits per heavy atom. The van der Waals surface area contributed by atoms with E-state index in [0.717, 1.165) is 11.1 Å². The highest BCUT2D eigenvalue weighted by molar-refractivity contribution is 6.03. The van der Waals surface area contributed by atoms with Crippen LogP contribution in [0.5, 0.6) is 11.5 Å². The van der Waals surface area contributed by atoms with E-state index in [1.54, 1.807) is 32.6 Å². The maximum absolute atomic E-state index is 13.7. The number of fused-ring (bicyclic) bond motifs is 1. The summed E-state index contributed by atoms with van der Waals surface area (Å²) in [7, 11) is 3.15. The zero-order chi connectivity index (χ0) is 26.9. The fourth-order valence-corrected chi connectivity index (χ4v) is 4.50. The number of alkyl halides is 2. The van der Waals surface area contributed by atoms with Crippen LogP contribution in [0.25, 0.3) is 22.0 Å². The van der Waals surface area contributed by atoms with Gasteiger partial charge in [0.1, 0.15) is 22.5 Å². The van der Waals surface area contributed by atoms with Gasteiger partial charge in [-0.25, -0.2) is 8.78 Å². The zero-order valence-electron chi connectivity index (χ0n) is 21.0. The van der Waals surface area contributed by atoms with Crippen LogP contribution in [-0.2, 0) is 14.1 Å². The monoisotopic (exact) mass is 508 g/mol. The Kier molecular flexibility index (Phi) is 5.40. The van der Waals surface area contributed by atoms with E-state index in [9.17, 15) is 23.2 Å². The molecule has 37 heavy (non-hydrogen) atoms. The first-order chi connectivity index (χ1) is 17.3. The molecule has 1 aromatic carbocycles. The van der Waals surface area contributed by atoms with E-state index in [-0.39, 0.29) is 22.5 Å². The minimum Gasteiger partial charge on any atom is -0.450 e. The topological polar surface area (TPSA) is 98.1 Å². The summed E-state index contributed by atoms with van der Waals surface area (Å²) in [6, 6.07) is 8.78. The molecule has 1 saturated carbocycles. The van der Waals surface area contributed by atoms with Gasteiger partial charge >= 0.3 is 0 Å². The molecular formula is C27H26F2N4O4. The second-order valence-electron chi connectivity index (χ2n) is 9.90. The summed E-state index contributed by atoms with van der Waals surface area (Å²) in [5.41, 5.74) is 0.198. The molecule has 10 heteroatoms. The molecule has 8 nitrogen and oxygen atoms in total. The Hall–Kier alpha value is -4.21. The molecule has 0 radical (unpaired) electrons. The first-order valence-corrected chi connectivity index (χ1v) is 11.7. The molecule has 192 valence electrons. The number of benzene rings is 1. The fraction of sp³-hybridized carbons (Fsp3) is 0.296. The van der Waals surface area contributed by atoms with Crippen LogP contribution in [0.3, 0.4) is 0 Å². The van der Waals surface area contributed by atoms with Crippen LogP contribution in [0.15, 0.2) is 52.3 Å². The standard InChI is InChI=1S/C27H26F2N4O4/c1-14-7-6-8-15(2)21(14)37-22-16(9-10-32(4)25(22)36)18-12-33(5)24(35)20-17(18)11-19(30-20)23(34)31-26(3)13-27(26,28)29/h6-12,30H,13H2,1-5H3,(H,31,34). The van der Waals surface area contributed by atoms with Crippen molar-refractivity contribution in [2.24, 2.45) is 14.1 Å². The number of carbonyl (C=O) groups excluding carboxylic acids is 1. The van der Waals surface area contributed by atoms with Crippen molar-refractivity contribution in [2.75, 3.05) is 0 Å². The van der Waals surface area contributed by atoms with Crippen molar-refractivity contribution in [2.45, 2.75) is 38.7 Å². The lowest BCUT2D eigenvalue weighted by Crippen LogP contribution is -2.39. The predicted octanol–water partition coefficient (Wildman–Crippen LogP) is 4.17. The number of para-hydroxylation sites is 1. The molecule has 0 bridgehead atoms. The molecule has 1 aliphatic rings. The number of aromatic amines is 1. The third-order valence-corrected chi connectivity index (χ3v) is 6.98. The van der Waals surface area contributed by atoms with Crippen LogP contribution in [0.1, 0.15) is 35.0 Å². The predicted molar refractivity (Wildman–Crippen MR) is 136 cm³/mol. The lowest BCUT2D eigenvalue weighted by atomic mass is 10.0. The van der Waals surface area contributed by atoms with E-state index in [0.29, 0.717) is 22.3 Å². The Morgan fingerprint density at radius 3 is 2.30 bits per heavy atom. The summed E-state index contributed by atoms with van der Waals surface area (Å²) >= 11 is 0. The Morgan fingerprint density at radius 1 is 1.03 bits per heavy atom. The lowest BCUT2D eigenvalue weighted by Gasteiger charge is -2.16. The summed E-state index contributed by atoms with van der Waals surface area (Å²) in [6.45, 7) is 5.02. The summed E-state index contributed by atoms with van der Waals surface area (Å²) in [4.78, 5) is 41.8. The molecule has 2 N–H and O–H groups in total. The molecule has 0 saturated heterocycles. The number of nitrogens with zero attached hydrogens (tertiary/aromatic N) is 2. The number of carbonyl (C=O) groups is 1. The van der Waals surface area contributed by atoms with Gasteiger partial charge in [-0.15, -0.1) is 0 Å². The number of nitrogens with one attached hydrogen (secondary N) is 2. The van der Waals surface area contributed by atoms with E-state index in [4.69, 9.17) is 4.74 Å². The lowest BCUT2D eigenvalue weighted by molar-refractivity contribution is 0.0709. The molecule has 0 spiro atoms. The van der Waals surface area contributed by atoms with Crippen LogP contribution < -0.4 is 21.2 Å². The smallest absolute Gasteiger partial charge is 0.293 e. The van der Waals surface area contributed by atoms with Gasteiger partial charge in [-0.1, -0.05) is 18.2 Å². The van der Waals surface area contributed by atoms with Crippen molar-refractivity contribution in [3.8, 4) is 22.6 Å². The van der Waals surface area contributed by atoms with Crippen molar-refractivity contribution in [1.82, 2.24) is 19.4 Å². The number of H-pyrrole nitrogens is 1. The molecule has 1 fully saturated rings. The number of hydrogen-bond donors (Lipinski definition) is 2. The van der Waals surface area contributed by atoms with Gasteiger partial charge in [-0.3, -0.25) is 14.4 Å². The maximum Gasteiger partial charge on any atom is 0.293 e. The van der Waals surface area contributed by atoms with Crippen molar-refractivity contribution in [3.05, 3.63) is 80.3 Å². The Bertz CT molecular complexity index is 1700. The molecular weight excluding hydrogens is 482 g/mol. The fourth-order valence-electron chi connectivity index (χ4n) is 4.50. The normalized spacial score (nSPS) is 18.1. The van der Waals surface area contributed by atoms with Crippen molar-refractivity contribution < 1.29 is 18.3 Å². The summed E-state index contributed by atoms with van der Waals surface area (Å²) in [6.07, 6.45) is 2.69. The van der Waals surface area contributed by atoms with E-state index in [2.05, 4.69) is 10.3 Å². The number of aromatic nitrogens is 3. The zero-order valence-corrected chi connectivity index (χ0v) is 21.0. The molecule has 1 aliphatic carbocycles. The van der Waals surface area contributed by atoms with Gasteiger partial charge in [-0.05, 0) is 44.0 Å². The summed E-state index contributed by atoms with van der Waals surface area (Å²) in [5.74, 6) is -3.14. The Labute approximate surface area is 210 Å². The first-order valence-electron chi connectivity index (χ1n) is 11.7. The minimum absolute atomic E-state index is 0.0375. The van der Waals surface area contributed by atoms with Crippen LogP contribution in [-0.4, -0.2) is 31.5 Å². The minimum atomic E-state index is -2.99. The number of amides is 1. The highest BCUT2D eigenvalue weighted by atomic mass is 19.3. The van der Waals surface area contributed by atoms with Crippen LogP contribution in [0.2, 0.25) is 0 Å². The Balaban J connectivity index is 1.68. The van der Waals surface area contributed by atoms with E-state index >= 15 is 0 Å². The number of hydrogen-bond acceptors (Lipinski definition) is 4. The van der Waals surface area contributed by atoms with Gasteiger partial charge < -0.3 is 24.2 Å². The van der Waals surface area contributed by atoms with Crippen molar-refractivity contribution >= 4 is 16.8 Å². The average molecular weight is 509 g/mol. The van der Waals surface area contributed by atoms with Gasteiger partial charge in [0.2, 0.25) is 0 Å². The average Bonchev–Trinajstić information content (AvgIpc) is 3.14. The number of rotatable bonds is 5. The van der Waals surface area contributed by atoms with Gasteiger partial charge in [0, 0.05) is 49.4 Å². The number of halogens is 2. The second kappa shape index (κ2) is 8.16. The third-order valence-electron chi connectivity index (χ3n) is 6.98. The maximum atomic E-state index is 13.7. The highest BCUT2D eigenvalue weighted by Gasteiger charge is 2.69.